The van der Waals surface area contributed by atoms with Crippen LogP contribution in [0.3, 0.4) is 0 Å². The topological polar surface area (TPSA) is 278 Å². The summed E-state index contributed by atoms with van der Waals surface area (Å²) < 4.78 is 27.0. The van der Waals surface area contributed by atoms with Gasteiger partial charge in [0.25, 0.3) is 0 Å². The van der Waals surface area contributed by atoms with Crippen LogP contribution >= 0.6 is 0 Å². The van der Waals surface area contributed by atoms with Crippen molar-refractivity contribution in [2.24, 2.45) is 0 Å². The molecule has 3 aliphatic rings. The highest BCUT2D eigenvalue weighted by atomic mass is 16.7. The minimum atomic E-state index is -1.91. The Hall–Kier alpha value is -1.13. The standard InChI is InChI=1S/C20H35NO16/c1-5(25)21-9-12(28)10(26)6(2-22)34-19(9)37-17-11(27)7(3-23)35-20(15(17)31)36-16-8(4-24)33-18(32)14(30)13(16)29/h6-20,22-24,26-32H,2-4H2,1H3,(H,21,25)/t6-,7-,8-,9-,10-,11-,12-,13-,14-,15-,16-,17+,18-,19?,20-/m1/s1. The Bertz CT molecular complexity index is 745. The average molecular weight is 545 g/mol. The van der Waals surface area contributed by atoms with Crippen LogP contribution < -0.4 is 5.32 Å². The lowest BCUT2D eigenvalue weighted by Gasteiger charge is -2.48. The Labute approximate surface area is 210 Å². The third-order valence-electron chi connectivity index (χ3n) is 6.49. The van der Waals surface area contributed by atoms with Gasteiger partial charge in [-0.05, 0) is 0 Å². The fourth-order valence-electron chi connectivity index (χ4n) is 4.46. The second-order valence-corrected chi connectivity index (χ2v) is 9.07. The predicted molar refractivity (Wildman–Crippen MR) is 113 cm³/mol. The first-order valence-corrected chi connectivity index (χ1v) is 11.6. The van der Waals surface area contributed by atoms with E-state index < -0.39 is 118 Å². The molecule has 15 atom stereocenters. The minimum absolute atomic E-state index is 0.652. The van der Waals surface area contributed by atoms with E-state index in [4.69, 9.17) is 23.7 Å². The molecule has 3 saturated heterocycles. The summed E-state index contributed by atoms with van der Waals surface area (Å²) in [7, 11) is 0. The lowest BCUT2D eigenvalue weighted by molar-refractivity contribution is -0.373. The number of hydrogen-bond acceptors (Lipinski definition) is 16. The molecular formula is C20H35NO16. The molecule has 1 amide bonds. The van der Waals surface area contributed by atoms with Crippen LogP contribution in [0.2, 0.25) is 0 Å². The van der Waals surface area contributed by atoms with E-state index in [1.165, 1.54) is 0 Å². The first-order chi connectivity index (χ1) is 17.4. The predicted octanol–water partition coefficient (Wildman–Crippen LogP) is -7.43. The van der Waals surface area contributed by atoms with Crippen LogP contribution in [0.25, 0.3) is 0 Å². The summed E-state index contributed by atoms with van der Waals surface area (Å²) in [6, 6.07) is -1.42. The molecule has 0 aromatic rings. The Morgan fingerprint density at radius 2 is 1.19 bits per heavy atom. The molecule has 0 radical (unpaired) electrons. The number of amides is 1. The van der Waals surface area contributed by atoms with Gasteiger partial charge in [0.1, 0.15) is 73.2 Å². The van der Waals surface area contributed by atoms with Crippen LogP contribution in [0, 0.1) is 0 Å². The summed E-state index contributed by atoms with van der Waals surface area (Å²) in [5.41, 5.74) is 0. The smallest absolute Gasteiger partial charge is 0.217 e. The summed E-state index contributed by atoms with van der Waals surface area (Å²) in [4.78, 5) is 11.7. The van der Waals surface area contributed by atoms with Crippen molar-refractivity contribution < 1.29 is 79.5 Å². The van der Waals surface area contributed by atoms with Crippen molar-refractivity contribution in [1.82, 2.24) is 5.32 Å². The van der Waals surface area contributed by atoms with E-state index >= 15 is 0 Å². The molecule has 3 rings (SSSR count). The zero-order chi connectivity index (χ0) is 27.6. The molecule has 17 heteroatoms. The minimum Gasteiger partial charge on any atom is -0.394 e. The number of nitrogens with one attached hydrogen (secondary N) is 1. The van der Waals surface area contributed by atoms with Gasteiger partial charge >= 0.3 is 0 Å². The Kier molecular flexibility index (Phi) is 10.5. The van der Waals surface area contributed by atoms with Gasteiger partial charge < -0.3 is 80.1 Å². The van der Waals surface area contributed by atoms with Gasteiger partial charge in [0, 0.05) is 6.92 Å². The van der Waals surface area contributed by atoms with Gasteiger partial charge in [-0.15, -0.1) is 0 Å². The van der Waals surface area contributed by atoms with Gasteiger partial charge in [-0.2, -0.15) is 0 Å². The van der Waals surface area contributed by atoms with Crippen LogP contribution in [0.15, 0.2) is 0 Å². The molecular weight excluding hydrogens is 510 g/mol. The second kappa shape index (κ2) is 12.8. The van der Waals surface area contributed by atoms with Gasteiger partial charge in [-0.3, -0.25) is 4.79 Å². The van der Waals surface area contributed by atoms with Gasteiger partial charge in [0.05, 0.1) is 19.8 Å². The zero-order valence-electron chi connectivity index (χ0n) is 19.7. The zero-order valence-corrected chi connectivity index (χ0v) is 19.7. The summed E-state index contributed by atoms with van der Waals surface area (Å²) in [6.45, 7) is -1.25. The Morgan fingerprint density at radius 3 is 1.76 bits per heavy atom. The molecule has 37 heavy (non-hydrogen) atoms. The molecule has 3 fully saturated rings. The molecule has 0 aromatic heterocycles. The van der Waals surface area contributed by atoms with Crippen LogP contribution in [0.1, 0.15) is 6.92 Å². The number of carbonyl (C=O) groups is 1. The summed E-state index contributed by atoms with van der Waals surface area (Å²) >= 11 is 0. The van der Waals surface area contributed by atoms with Gasteiger partial charge in [0.2, 0.25) is 5.91 Å². The first kappa shape index (κ1) is 30.4. The van der Waals surface area contributed by atoms with Crippen molar-refractivity contribution in [2.45, 2.75) is 99.0 Å². The van der Waals surface area contributed by atoms with E-state index in [2.05, 4.69) is 5.32 Å². The molecule has 0 aromatic carbocycles. The van der Waals surface area contributed by atoms with Crippen molar-refractivity contribution >= 4 is 5.91 Å². The molecule has 11 N–H and O–H groups in total. The number of rotatable bonds is 8. The first-order valence-electron chi connectivity index (χ1n) is 11.6. The Balaban J connectivity index is 1.83. The van der Waals surface area contributed by atoms with Crippen molar-refractivity contribution in [1.29, 1.82) is 0 Å². The molecule has 3 heterocycles. The normalized spacial score (nSPS) is 49.0. The molecule has 0 aliphatic carbocycles. The number of aliphatic hydroxyl groups is 10. The molecule has 3 aliphatic heterocycles. The van der Waals surface area contributed by atoms with Crippen molar-refractivity contribution in [3.8, 4) is 0 Å². The van der Waals surface area contributed by atoms with E-state index in [1.807, 2.05) is 0 Å². The number of carbonyl (C=O) groups excluding carboxylic acids is 1. The fourth-order valence-corrected chi connectivity index (χ4v) is 4.46. The Morgan fingerprint density at radius 1 is 0.649 bits per heavy atom. The highest BCUT2D eigenvalue weighted by Gasteiger charge is 2.53. The van der Waals surface area contributed by atoms with Gasteiger partial charge in [-0.25, -0.2) is 0 Å². The van der Waals surface area contributed by atoms with E-state index in [1.54, 1.807) is 0 Å². The van der Waals surface area contributed by atoms with Crippen LogP contribution in [-0.4, -0.2) is 169 Å². The quantitative estimate of drug-likeness (QED) is 0.135. The van der Waals surface area contributed by atoms with Crippen LogP contribution in [0.4, 0.5) is 0 Å². The maximum Gasteiger partial charge on any atom is 0.217 e. The largest absolute Gasteiger partial charge is 0.394 e. The molecule has 0 spiro atoms. The third kappa shape index (κ3) is 6.38. The van der Waals surface area contributed by atoms with E-state index in [0.29, 0.717) is 0 Å². The molecule has 1 unspecified atom stereocenters. The average Bonchev–Trinajstić information content (AvgIpc) is 2.86. The molecule has 216 valence electrons. The number of ether oxygens (including phenoxy) is 5. The van der Waals surface area contributed by atoms with E-state index in [9.17, 15) is 55.9 Å². The maximum atomic E-state index is 11.7. The molecule has 0 bridgehead atoms. The lowest BCUT2D eigenvalue weighted by atomic mass is 9.95. The highest BCUT2D eigenvalue weighted by Crippen LogP contribution is 2.32. The third-order valence-corrected chi connectivity index (χ3v) is 6.49. The highest BCUT2D eigenvalue weighted by molar-refractivity contribution is 5.73. The summed E-state index contributed by atoms with van der Waals surface area (Å²) in [6.07, 6.45) is -23.4. The molecule has 0 saturated carbocycles. The maximum absolute atomic E-state index is 11.7. The number of hydrogen-bond donors (Lipinski definition) is 11. The van der Waals surface area contributed by atoms with Crippen molar-refractivity contribution in [2.75, 3.05) is 19.8 Å². The summed E-state index contributed by atoms with van der Waals surface area (Å²) in [5.74, 6) is -0.652. The fraction of sp³-hybridized carbons (Fsp3) is 0.950. The number of aliphatic hydroxyl groups excluding tert-OH is 10. The van der Waals surface area contributed by atoms with Gasteiger partial charge in [0.15, 0.2) is 18.9 Å². The van der Waals surface area contributed by atoms with Crippen LogP contribution in [-0.2, 0) is 28.5 Å². The van der Waals surface area contributed by atoms with E-state index in [-0.39, 0.29) is 0 Å². The van der Waals surface area contributed by atoms with Gasteiger partial charge in [-0.1, -0.05) is 0 Å². The molecule has 17 nitrogen and oxygen atoms in total. The summed E-state index contributed by atoms with van der Waals surface area (Å²) in [5, 5.41) is 103. The second-order valence-electron chi connectivity index (χ2n) is 9.07. The van der Waals surface area contributed by atoms with Crippen molar-refractivity contribution in [3.05, 3.63) is 0 Å². The SMILES string of the molecule is CC(=O)N[C@H]1C(O[C@@H]2[C@@H](O)[C@@H](O[C@H]3[C@H](O)[C@@H](O)[C@H](O)O[C@@H]3CO)O[C@H](CO)[C@H]2O)O[C@H](CO)[C@@H](O)[C@@H]1O. The van der Waals surface area contributed by atoms with Crippen molar-refractivity contribution in [3.63, 3.8) is 0 Å². The van der Waals surface area contributed by atoms with E-state index in [0.717, 1.165) is 6.92 Å². The lowest BCUT2D eigenvalue weighted by Crippen LogP contribution is -2.68. The van der Waals surface area contributed by atoms with Crippen LogP contribution in [0.5, 0.6) is 0 Å². The monoisotopic (exact) mass is 545 g/mol.